The number of halogens is 1. The van der Waals surface area contributed by atoms with Crippen LogP contribution in [-0.4, -0.2) is 43.2 Å². The number of aliphatic imine (C=N–C) groups is 1. The van der Waals surface area contributed by atoms with Crippen LogP contribution in [0.4, 0.5) is 0 Å². The van der Waals surface area contributed by atoms with E-state index >= 15 is 0 Å². The molecule has 7 heteroatoms. The van der Waals surface area contributed by atoms with Gasteiger partial charge in [-0.1, -0.05) is 26.0 Å². The van der Waals surface area contributed by atoms with E-state index in [1.54, 1.807) is 0 Å². The lowest BCUT2D eigenvalue weighted by atomic mass is 9.94. The Morgan fingerprint density at radius 1 is 1.14 bits per heavy atom. The maximum absolute atomic E-state index is 12.0. The highest BCUT2D eigenvalue weighted by molar-refractivity contribution is 14.0. The minimum Gasteiger partial charge on any atom is -0.396 e. The SMILES string of the molecule is CCNC(=O)c1cccc(CN=C(NCC)NCC(CCO)CC(C)C)c1.I. The Morgan fingerprint density at radius 3 is 2.46 bits per heavy atom. The fraction of sp³-hybridized carbons (Fsp3) is 0.619. The highest BCUT2D eigenvalue weighted by Crippen LogP contribution is 2.14. The maximum atomic E-state index is 12.0. The van der Waals surface area contributed by atoms with E-state index in [1.165, 1.54) is 0 Å². The number of carbonyl (C=O) groups excluding carboxylic acids is 1. The molecule has 0 heterocycles. The maximum Gasteiger partial charge on any atom is 0.251 e. The fourth-order valence-corrected chi connectivity index (χ4v) is 2.98. The predicted octanol–water partition coefficient (Wildman–Crippen LogP) is 3.15. The molecular formula is C21H37IN4O2. The van der Waals surface area contributed by atoms with Gasteiger partial charge in [-0.25, -0.2) is 4.99 Å². The molecule has 0 radical (unpaired) electrons. The third-order valence-corrected chi connectivity index (χ3v) is 4.19. The van der Waals surface area contributed by atoms with E-state index in [9.17, 15) is 9.90 Å². The van der Waals surface area contributed by atoms with E-state index in [-0.39, 0.29) is 36.5 Å². The average molecular weight is 504 g/mol. The van der Waals surface area contributed by atoms with Crippen LogP contribution in [0.1, 0.15) is 56.5 Å². The van der Waals surface area contributed by atoms with Crippen molar-refractivity contribution in [2.45, 2.75) is 47.1 Å². The van der Waals surface area contributed by atoms with Gasteiger partial charge in [0.05, 0.1) is 6.54 Å². The van der Waals surface area contributed by atoms with E-state index in [1.807, 2.05) is 38.1 Å². The number of aliphatic hydroxyl groups is 1. The zero-order valence-electron chi connectivity index (χ0n) is 17.6. The molecule has 160 valence electrons. The van der Waals surface area contributed by atoms with Gasteiger partial charge in [0, 0.05) is 31.8 Å². The Hall–Kier alpha value is -1.35. The first-order valence-electron chi connectivity index (χ1n) is 10.00. The van der Waals surface area contributed by atoms with E-state index < -0.39 is 0 Å². The van der Waals surface area contributed by atoms with Crippen molar-refractivity contribution in [1.82, 2.24) is 16.0 Å². The van der Waals surface area contributed by atoms with Crippen LogP contribution in [0, 0.1) is 11.8 Å². The van der Waals surface area contributed by atoms with Crippen LogP contribution in [0.5, 0.6) is 0 Å². The van der Waals surface area contributed by atoms with Gasteiger partial charge in [-0.3, -0.25) is 4.79 Å². The minimum absolute atomic E-state index is 0. The molecule has 1 atom stereocenters. The van der Waals surface area contributed by atoms with Gasteiger partial charge >= 0.3 is 0 Å². The molecule has 0 saturated carbocycles. The molecule has 28 heavy (non-hydrogen) atoms. The number of aliphatic hydroxyl groups excluding tert-OH is 1. The number of guanidine groups is 1. The van der Waals surface area contributed by atoms with Gasteiger partial charge in [0.2, 0.25) is 0 Å². The third kappa shape index (κ3) is 10.8. The van der Waals surface area contributed by atoms with Gasteiger partial charge in [-0.2, -0.15) is 0 Å². The Kier molecular flexibility index (Phi) is 14.8. The van der Waals surface area contributed by atoms with Gasteiger partial charge in [0.15, 0.2) is 5.96 Å². The third-order valence-electron chi connectivity index (χ3n) is 4.19. The van der Waals surface area contributed by atoms with Crippen molar-refractivity contribution in [3.8, 4) is 0 Å². The summed E-state index contributed by atoms with van der Waals surface area (Å²) in [5.41, 5.74) is 1.65. The van der Waals surface area contributed by atoms with Crippen LogP contribution < -0.4 is 16.0 Å². The molecule has 1 unspecified atom stereocenters. The standard InChI is InChI=1S/C21H36N4O2.HI/c1-5-22-20(27)19-9-7-8-17(13-19)14-24-21(23-6-2)25-15-18(10-11-26)12-16(3)4;/h7-9,13,16,18,26H,5-6,10-12,14-15H2,1-4H3,(H,22,27)(H2,23,24,25);1H. The van der Waals surface area contributed by atoms with Gasteiger partial charge in [-0.15, -0.1) is 24.0 Å². The van der Waals surface area contributed by atoms with Crippen LogP contribution in [0.25, 0.3) is 0 Å². The zero-order chi connectivity index (χ0) is 20.1. The summed E-state index contributed by atoms with van der Waals surface area (Å²) in [6.07, 6.45) is 1.86. The van der Waals surface area contributed by atoms with Gasteiger partial charge in [-0.05, 0) is 56.2 Å². The molecule has 0 aliphatic heterocycles. The summed E-state index contributed by atoms with van der Waals surface area (Å²) in [6.45, 7) is 11.2. The van der Waals surface area contributed by atoms with Crippen molar-refractivity contribution in [3.05, 3.63) is 35.4 Å². The molecule has 0 aromatic heterocycles. The number of nitrogens with one attached hydrogen (secondary N) is 3. The van der Waals surface area contributed by atoms with Crippen molar-refractivity contribution in [2.75, 3.05) is 26.2 Å². The van der Waals surface area contributed by atoms with Crippen LogP contribution in [0.3, 0.4) is 0 Å². The molecule has 0 aliphatic rings. The number of hydrogen-bond acceptors (Lipinski definition) is 3. The van der Waals surface area contributed by atoms with Crippen molar-refractivity contribution in [3.63, 3.8) is 0 Å². The molecule has 0 bridgehead atoms. The summed E-state index contributed by atoms with van der Waals surface area (Å²) in [5.74, 6) is 1.71. The zero-order valence-corrected chi connectivity index (χ0v) is 20.0. The summed E-state index contributed by atoms with van der Waals surface area (Å²) in [4.78, 5) is 16.6. The number of benzene rings is 1. The predicted molar refractivity (Wildman–Crippen MR) is 127 cm³/mol. The average Bonchev–Trinajstić information content (AvgIpc) is 2.64. The topological polar surface area (TPSA) is 85.8 Å². The van der Waals surface area contributed by atoms with Crippen molar-refractivity contribution < 1.29 is 9.90 Å². The molecule has 1 rings (SSSR count). The van der Waals surface area contributed by atoms with Gasteiger partial charge < -0.3 is 21.1 Å². The van der Waals surface area contributed by atoms with Gasteiger partial charge in [0.25, 0.3) is 5.91 Å². The van der Waals surface area contributed by atoms with Crippen LogP contribution in [0.2, 0.25) is 0 Å². The molecule has 0 saturated heterocycles. The van der Waals surface area contributed by atoms with Crippen LogP contribution in [-0.2, 0) is 6.54 Å². The summed E-state index contributed by atoms with van der Waals surface area (Å²) < 4.78 is 0. The summed E-state index contributed by atoms with van der Waals surface area (Å²) in [6, 6.07) is 7.55. The lowest BCUT2D eigenvalue weighted by Gasteiger charge is -2.20. The van der Waals surface area contributed by atoms with Crippen molar-refractivity contribution >= 4 is 35.8 Å². The van der Waals surface area contributed by atoms with E-state index in [4.69, 9.17) is 0 Å². The number of hydrogen-bond donors (Lipinski definition) is 4. The Labute approximate surface area is 187 Å². The first-order chi connectivity index (χ1) is 13.0. The van der Waals surface area contributed by atoms with Crippen LogP contribution >= 0.6 is 24.0 Å². The Balaban J connectivity index is 0.00000729. The quantitative estimate of drug-likeness (QED) is 0.212. The molecule has 1 aromatic carbocycles. The fourth-order valence-electron chi connectivity index (χ4n) is 2.98. The van der Waals surface area contributed by atoms with Crippen molar-refractivity contribution in [2.24, 2.45) is 16.8 Å². The summed E-state index contributed by atoms with van der Waals surface area (Å²) in [5, 5.41) is 18.7. The molecule has 1 aromatic rings. The molecule has 0 aliphatic carbocycles. The lowest BCUT2D eigenvalue weighted by molar-refractivity contribution is 0.0955. The normalized spacial score (nSPS) is 12.3. The van der Waals surface area contributed by atoms with Gasteiger partial charge in [0.1, 0.15) is 0 Å². The first-order valence-corrected chi connectivity index (χ1v) is 10.00. The second kappa shape index (κ2) is 15.6. The summed E-state index contributed by atoms with van der Waals surface area (Å²) >= 11 is 0. The van der Waals surface area contributed by atoms with E-state index in [2.05, 4.69) is 34.8 Å². The molecule has 6 nitrogen and oxygen atoms in total. The highest BCUT2D eigenvalue weighted by Gasteiger charge is 2.11. The minimum atomic E-state index is -0.0612. The van der Waals surface area contributed by atoms with Crippen LogP contribution in [0.15, 0.2) is 29.3 Å². The molecule has 0 spiro atoms. The molecule has 4 N–H and O–H groups in total. The molecule has 1 amide bonds. The number of carbonyl (C=O) groups is 1. The first kappa shape index (κ1) is 26.6. The second-order valence-electron chi connectivity index (χ2n) is 7.14. The Morgan fingerprint density at radius 2 is 1.86 bits per heavy atom. The smallest absolute Gasteiger partial charge is 0.251 e. The second-order valence-corrected chi connectivity index (χ2v) is 7.14. The highest BCUT2D eigenvalue weighted by atomic mass is 127. The molecule has 0 fully saturated rings. The van der Waals surface area contributed by atoms with E-state index in [0.717, 1.165) is 37.5 Å². The number of rotatable bonds is 11. The summed E-state index contributed by atoms with van der Waals surface area (Å²) in [7, 11) is 0. The van der Waals surface area contributed by atoms with Crippen molar-refractivity contribution in [1.29, 1.82) is 0 Å². The lowest BCUT2D eigenvalue weighted by Crippen LogP contribution is -2.40. The number of nitrogens with zero attached hydrogens (tertiary/aromatic N) is 1. The monoisotopic (exact) mass is 504 g/mol. The van der Waals surface area contributed by atoms with E-state index in [0.29, 0.717) is 30.5 Å². The largest absolute Gasteiger partial charge is 0.396 e. The Bertz CT molecular complexity index is 594. The molecular weight excluding hydrogens is 467 g/mol. The number of amides is 1.